The number of hydrogen-bond acceptors (Lipinski definition) is 2. The van der Waals surface area contributed by atoms with Gasteiger partial charge in [0.25, 0.3) is 0 Å². The SMILES string of the molecule is O=C(c1ccc(OC(F)(F)F)cc1)c1ccc[nH]1. The van der Waals surface area contributed by atoms with Crippen molar-refractivity contribution in [3.63, 3.8) is 0 Å². The van der Waals surface area contributed by atoms with Gasteiger partial charge >= 0.3 is 6.36 Å². The second-order valence-electron chi connectivity index (χ2n) is 3.49. The van der Waals surface area contributed by atoms with Crippen molar-refractivity contribution in [2.75, 3.05) is 0 Å². The number of aromatic nitrogens is 1. The molecule has 94 valence electrons. The molecule has 1 aromatic heterocycles. The van der Waals surface area contributed by atoms with E-state index in [4.69, 9.17) is 0 Å². The van der Waals surface area contributed by atoms with Crippen LogP contribution >= 0.6 is 0 Å². The molecule has 1 aromatic carbocycles. The van der Waals surface area contributed by atoms with Gasteiger partial charge in [0.2, 0.25) is 5.78 Å². The van der Waals surface area contributed by atoms with E-state index in [1.165, 1.54) is 12.1 Å². The molecule has 2 rings (SSSR count). The van der Waals surface area contributed by atoms with E-state index in [1.54, 1.807) is 18.3 Å². The Kier molecular flexibility index (Phi) is 3.10. The normalized spacial score (nSPS) is 11.3. The third-order valence-electron chi connectivity index (χ3n) is 2.19. The van der Waals surface area contributed by atoms with Crippen molar-refractivity contribution in [3.05, 3.63) is 53.9 Å². The zero-order valence-electron chi connectivity index (χ0n) is 8.99. The molecule has 0 aliphatic rings. The average Bonchev–Trinajstić information content (AvgIpc) is 2.80. The molecule has 0 saturated heterocycles. The van der Waals surface area contributed by atoms with Gasteiger partial charge in [-0.05, 0) is 36.4 Å². The number of carbonyl (C=O) groups excluding carboxylic acids is 1. The van der Waals surface area contributed by atoms with Crippen molar-refractivity contribution >= 4 is 5.78 Å². The van der Waals surface area contributed by atoms with Gasteiger partial charge in [-0.1, -0.05) is 0 Å². The highest BCUT2D eigenvalue weighted by Gasteiger charge is 2.31. The molecular formula is C12H8F3NO2. The van der Waals surface area contributed by atoms with Crippen LogP contribution in [0.4, 0.5) is 13.2 Å². The van der Waals surface area contributed by atoms with Crippen LogP contribution in [-0.2, 0) is 0 Å². The molecule has 0 bridgehead atoms. The second-order valence-corrected chi connectivity index (χ2v) is 3.49. The standard InChI is InChI=1S/C12H8F3NO2/c13-12(14,15)18-9-5-3-8(4-6-9)11(17)10-2-1-7-16-10/h1-7,16H. The summed E-state index contributed by atoms with van der Waals surface area (Å²) in [6.07, 6.45) is -3.14. The summed E-state index contributed by atoms with van der Waals surface area (Å²) in [6.45, 7) is 0. The fourth-order valence-electron chi connectivity index (χ4n) is 1.44. The summed E-state index contributed by atoms with van der Waals surface area (Å²) in [7, 11) is 0. The van der Waals surface area contributed by atoms with Crippen LogP contribution in [0, 0.1) is 0 Å². The first-order chi connectivity index (χ1) is 8.46. The first-order valence-electron chi connectivity index (χ1n) is 4.99. The Morgan fingerprint density at radius 2 is 1.78 bits per heavy atom. The maximum absolute atomic E-state index is 11.9. The van der Waals surface area contributed by atoms with Gasteiger partial charge in [-0.3, -0.25) is 4.79 Å². The molecule has 0 radical (unpaired) electrons. The minimum atomic E-state index is -4.73. The quantitative estimate of drug-likeness (QED) is 0.856. The van der Waals surface area contributed by atoms with Gasteiger partial charge in [0.1, 0.15) is 5.75 Å². The Hall–Kier alpha value is -2.24. The van der Waals surface area contributed by atoms with E-state index in [0.29, 0.717) is 5.69 Å². The van der Waals surface area contributed by atoms with Gasteiger partial charge in [0.05, 0.1) is 5.69 Å². The van der Waals surface area contributed by atoms with E-state index in [0.717, 1.165) is 12.1 Å². The number of hydrogen-bond donors (Lipinski definition) is 1. The van der Waals surface area contributed by atoms with E-state index in [9.17, 15) is 18.0 Å². The summed E-state index contributed by atoms with van der Waals surface area (Å²) in [6, 6.07) is 8.01. The Morgan fingerprint density at radius 3 is 2.28 bits per heavy atom. The number of aromatic amines is 1. The number of ketones is 1. The highest BCUT2D eigenvalue weighted by Crippen LogP contribution is 2.23. The van der Waals surface area contributed by atoms with Crippen molar-refractivity contribution < 1.29 is 22.7 Å². The summed E-state index contributed by atoms with van der Waals surface area (Å²) < 4.78 is 39.5. The number of carbonyl (C=O) groups is 1. The van der Waals surface area contributed by atoms with E-state index < -0.39 is 6.36 Å². The summed E-state index contributed by atoms with van der Waals surface area (Å²) in [5.41, 5.74) is 0.659. The topological polar surface area (TPSA) is 42.1 Å². The van der Waals surface area contributed by atoms with Crippen LogP contribution in [0.3, 0.4) is 0 Å². The fraction of sp³-hybridized carbons (Fsp3) is 0.0833. The molecule has 0 spiro atoms. The highest BCUT2D eigenvalue weighted by molar-refractivity contribution is 6.07. The van der Waals surface area contributed by atoms with E-state index in [-0.39, 0.29) is 17.1 Å². The Labute approximate surface area is 100 Å². The number of alkyl halides is 3. The number of halogens is 3. The van der Waals surface area contributed by atoms with Crippen molar-refractivity contribution in [2.24, 2.45) is 0 Å². The third kappa shape index (κ3) is 2.91. The largest absolute Gasteiger partial charge is 0.573 e. The van der Waals surface area contributed by atoms with Gasteiger partial charge in [0, 0.05) is 11.8 Å². The van der Waals surface area contributed by atoms with Gasteiger partial charge in [-0.25, -0.2) is 0 Å². The zero-order valence-corrected chi connectivity index (χ0v) is 8.99. The molecule has 0 atom stereocenters. The lowest BCUT2D eigenvalue weighted by molar-refractivity contribution is -0.274. The van der Waals surface area contributed by atoms with Crippen molar-refractivity contribution in [3.8, 4) is 5.75 Å². The lowest BCUT2D eigenvalue weighted by Crippen LogP contribution is -2.17. The van der Waals surface area contributed by atoms with Crippen molar-refractivity contribution in [2.45, 2.75) is 6.36 Å². The minimum absolute atomic E-state index is 0.284. The molecule has 0 unspecified atom stereocenters. The minimum Gasteiger partial charge on any atom is -0.406 e. The Balaban J connectivity index is 2.15. The van der Waals surface area contributed by atoms with Crippen LogP contribution in [0.25, 0.3) is 0 Å². The van der Waals surface area contributed by atoms with Gasteiger partial charge < -0.3 is 9.72 Å². The molecule has 0 aliphatic carbocycles. The number of ether oxygens (including phenoxy) is 1. The summed E-state index contributed by atoms with van der Waals surface area (Å²) in [4.78, 5) is 14.5. The van der Waals surface area contributed by atoms with E-state index in [1.807, 2.05) is 0 Å². The molecule has 1 heterocycles. The van der Waals surface area contributed by atoms with Gasteiger partial charge in [-0.2, -0.15) is 0 Å². The van der Waals surface area contributed by atoms with Gasteiger partial charge in [-0.15, -0.1) is 13.2 Å². The first-order valence-corrected chi connectivity index (χ1v) is 4.99. The predicted molar refractivity (Wildman–Crippen MR) is 57.4 cm³/mol. The van der Waals surface area contributed by atoms with Crippen molar-refractivity contribution in [1.82, 2.24) is 4.98 Å². The summed E-state index contributed by atoms with van der Waals surface area (Å²) in [5, 5.41) is 0. The van der Waals surface area contributed by atoms with Crippen molar-refractivity contribution in [1.29, 1.82) is 0 Å². The maximum atomic E-state index is 11.9. The number of rotatable bonds is 3. The predicted octanol–water partition coefficient (Wildman–Crippen LogP) is 3.14. The molecule has 3 nitrogen and oxygen atoms in total. The van der Waals surface area contributed by atoms with Crippen LogP contribution < -0.4 is 4.74 Å². The lowest BCUT2D eigenvalue weighted by Gasteiger charge is -2.08. The number of H-pyrrole nitrogens is 1. The molecule has 1 N–H and O–H groups in total. The molecule has 0 saturated carbocycles. The molecule has 0 fully saturated rings. The molecule has 2 aromatic rings. The third-order valence-corrected chi connectivity index (χ3v) is 2.19. The summed E-state index contributed by atoms with van der Waals surface area (Å²) >= 11 is 0. The monoisotopic (exact) mass is 255 g/mol. The fourth-order valence-corrected chi connectivity index (χ4v) is 1.44. The van der Waals surface area contributed by atoms with Crippen LogP contribution in [0.2, 0.25) is 0 Å². The van der Waals surface area contributed by atoms with E-state index in [2.05, 4.69) is 9.72 Å². The Bertz CT molecular complexity index is 529. The van der Waals surface area contributed by atoms with Crippen LogP contribution in [0.5, 0.6) is 5.75 Å². The molecule has 0 amide bonds. The Morgan fingerprint density at radius 1 is 1.11 bits per heavy atom. The van der Waals surface area contributed by atoms with Gasteiger partial charge in [0.15, 0.2) is 0 Å². The lowest BCUT2D eigenvalue weighted by atomic mass is 10.1. The van der Waals surface area contributed by atoms with Crippen LogP contribution in [-0.4, -0.2) is 17.1 Å². The first kappa shape index (κ1) is 12.2. The van der Waals surface area contributed by atoms with Crippen LogP contribution in [0.15, 0.2) is 42.6 Å². The number of benzene rings is 1. The molecular weight excluding hydrogens is 247 g/mol. The smallest absolute Gasteiger partial charge is 0.406 e. The maximum Gasteiger partial charge on any atom is 0.573 e. The molecule has 18 heavy (non-hydrogen) atoms. The summed E-state index contributed by atoms with van der Waals surface area (Å²) in [5.74, 6) is -0.649. The highest BCUT2D eigenvalue weighted by atomic mass is 19.4. The molecule has 0 aliphatic heterocycles. The zero-order chi connectivity index (χ0) is 13.2. The average molecular weight is 255 g/mol. The molecule has 6 heteroatoms. The van der Waals surface area contributed by atoms with E-state index >= 15 is 0 Å². The second kappa shape index (κ2) is 4.56. The van der Waals surface area contributed by atoms with Crippen LogP contribution in [0.1, 0.15) is 16.1 Å². The number of nitrogens with one attached hydrogen (secondary N) is 1.